The maximum Gasteiger partial charge on any atom is 0.155 e. The minimum Gasteiger partial charge on any atom is -0.393 e. The Morgan fingerprint density at radius 1 is 0.840 bits per heavy atom. The van der Waals surface area contributed by atoms with Gasteiger partial charge in [0, 0.05) is 23.1 Å². The van der Waals surface area contributed by atoms with E-state index in [1.807, 2.05) is 48.5 Å². The van der Waals surface area contributed by atoms with E-state index < -0.39 is 0 Å². The van der Waals surface area contributed by atoms with Crippen molar-refractivity contribution < 1.29 is 0 Å². The van der Waals surface area contributed by atoms with E-state index in [4.69, 9.17) is 28.9 Å². The van der Waals surface area contributed by atoms with E-state index in [2.05, 4.69) is 20.6 Å². The van der Waals surface area contributed by atoms with Gasteiger partial charge in [0.25, 0.3) is 0 Å². The minimum atomic E-state index is 0.462. The number of benzene rings is 2. The van der Waals surface area contributed by atoms with Crippen LogP contribution in [0.2, 0.25) is 10.0 Å². The summed E-state index contributed by atoms with van der Waals surface area (Å²) in [5.41, 5.74) is 8.68. The van der Waals surface area contributed by atoms with Gasteiger partial charge in [0.2, 0.25) is 0 Å². The Morgan fingerprint density at radius 3 is 2.16 bits per heavy atom. The predicted octanol–water partition coefficient (Wildman–Crippen LogP) is 4.59. The lowest BCUT2D eigenvalue weighted by Gasteiger charge is -2.13. The fourth-order valence-electron chi connectivity index (χ4n) is 2.29. The number of hydrogen-bond acceptors (Lipinski definition) is 5. The van der Waals surface area contributed by atoms with Gasteiger partial charge in [-0.2, -0.15) is 0 Å². The second kappa shape index (κ2) is 8.05. The van der Waals surface area contributed by atoms with Crippen LogP contribution in [0.4, 0.5) is 17.3 Å². The van der Waals surface area contributed by atoms with Crippen molar-refractivity contribution in [3.05, 3.63) is 76.0 Å². The largest absolute Gasteiger partial charge is 0.393 e. The molecule has 0 saturated heterocycles. The predicted molar refractivity (Wildman–Crippen MR) is 104 cm³/mol. The number of anilines is 3. The Kier molecular flexibility index (Phi) is 5.58. The van der Waals surface area contributed by atoms with Crippen molar-refractivity contribution in [2.45, 2.75) is 13.1 Å². The van der Waals surface area contributed by atoms with Gasteiger partial charge in [0.05, 0.1) is 0 Å². The first kappa shape index (κ1) is 17.3. The monoisotopic (exact) mass is 373 g/mol. The molecule has 0 radical (unpaired) electrons. The van der Waals surface area contributed by atoms with Gasteiger partial charge in [-0.25, -0.2) is 9.97 Å². The quantitative estimate of drug-likeness (QED) is 0.588. The van der Waals surface area contributed by atoms with Gasteiger partial charge in [-0.3, -0.25) is 0 Å². The number of halogens is 2. The van der Waals surface area contributed by atoms with Crippen LogP contribution < -0.4 is 16.4 Å². The fourth-order valence-corrected chi connectivity index (χ4v) is 2.61. The maximum atomic E-state index is 6.17. The Balaban J connectivity index is 1.67. The summed E-state index contributed by atoms with van der Waals surface area (Å²) in [5.74, 6) is 1.14. The van der Waals surface area contributed by atoms with Crippen molar-refractivity contribution in [3.63, 3.8) is 0 Å². The van der Waals surface area contributed by atoms with Gasteiger partial charge in [0.15, 0.2) is 11.6 Å². The normalized spacial score (nSPS) is 10.5. The maximum absolute atomic E-state index is 6.17. The Labute approximate surface area is 156 Å². The van der Waals surface area contributed by atoms with Crippen LogP contribution in [0.25, 0.3) is 0 Å². The fraction of sp³-hybridized carbons (Fsp3) is 0.111. The third-order valence-electron chi connectivity index (χ3n) is 3.66. The summed E-state index contributed by atoms with van der Waals surface area (Å²) in [7, 11) is 0. The van der Waals surface area contributed by atoms with Crippen LogP contribution in [0.5, 0.6) is 0 Å². The molecule has 5 nitrogen and oxygen atoms in total. The molecule has 0 aliphatic rings. The molecule has 2 aromatic carbocycles. The zero-order chi connectivity index (χ0) is 17.6. The van der Waals surface area contributed by atoms with E-state index in [1.165, 1.54) is 6.33 Å². The summed E-state index contributed by atoms with van der Waals surface area (Å²) in [5, 5.41) is 7.81. The standard InChI is InChI=1S/C18H17Cl2N5/c19-14-7-5-12(6-8-14)9-22-17-16(21)18(25-11-24-17)23-10-13-3-1-2-4-15(13)20/h1-8,11H,9-10,21H2,(H2,22,23,24,25). The first-order valence-corrected chi connectivity index (χ1v) is 8.45. The molecule has 0 saturated carbocycles. The van der Waals surface area contributed by atoms with Crippen molar-refractivity contribution in [2.75, 3.05) is 16.4 Å². The van der Waals surface area contributed by atoms with Gasteiger partial charge >= 0.3 is 0 Å². The number of nitrogens with one attached hydrogen (secondary N) is 2. The molecule has 3 aromatic rings. The molecule has 7 heteroatoms. The molecule has 0 atom stereocenters. The molecular weight excluding hydrogens is 357 g/mol. The third kappa shape index (κ3) is 4.53. The van der Waals surface area contributed by atoms with Crippen molar-refractivity contribution in [1.29, 1.82) is 0 Å². The molecular formula is C18H17Cl2N5. The number of nitrogen functional groups attached to an aromatic ring is 1. The highest BCUT2D eigenvalue weighted by Crippen LogP contribution is 2.24. The molecule has 1 heterocycles. The molecule has 3 rings (SSSR count). The minimum absolute atomic E-state index is 0.462. The van der Waals surface area contributed by atoms with Crippen molar-refractivity contribution in [3.8, 4) is 0 Å². The highest BCUT2D eigenvalue weighted by atomic mass is 35.5. The zero-order valence-corrected chi connectivity index (χ0v) is 14.8. The molecule has 0 bridgehead atoms. The Bertz CT molecular complexity index is 852. The van der Waals surface area contributed by atoms with Gasteiger partial charge in [0.1, 0.15) is 12.0 Å². The Morgan fingerprint density at radius 2 is 1.48 bits per heavy atom. The van der Waals surface area contributed by atoms with Gasteiger partial charge < -0.3 is 16.4 Å². The average molecular weight is 374 g/mol. The topological polar surface area (TPSA) is 75.9 Å². The van der Waals surface area contributed by atoms with E-state index in [0.29, 0.717) is 40.5 Å². The molecule has 4 N–H and O–H groups in total. The molecule has 128 valence electrons. The Hall–Kier alpha value is -2.50. The summed E-state index contributed by atoms with van der Waals surface area (Å²) in [6.07, 6.45) is 1.47. The average Bonchev–Trinajstić information content (AvgIpc) is 2.62. The molecule has 0 amide bonds. The van der Waals surface area contributed by atoms with Crippen LogP contribution in [0.15, 0.2) is 54.9 Å². The van der Waals surface area contributed by atoms with Gasteiger partial charge in [-0.1, -0.05) is 53.5 Å². The summed E-state index contributed by atoms with van der Waals surface area (Å²) in [6.45, 7) is 1.11. The first-order chi connectivity index (χ1) is 12.1. The summed E-state index contributed by atoms with van der Waals surface area (Å²) < 4.78 is 0. The molecule has 0 aliphatic carbocycles. The summed E-state index contributed by atoms with van der Waals surface area (Å²) in [6, 6.07) is 15.2. The van der Waals surface area contributed by atoms with Crippen LogP contribution in [-0.4, -0.2) is 9.97 Å². The smallest absolute Gasteiger partial charge is 0.155 e. The van der Waals surface area contributed by atoms with E-state index >= 15 is 0 Å². The summed E-state index contributed by atoms with van der Waals surface area (Å²) in [4.78, 5) is 8.41. The molecule has 25 heavy (non-hydrogen) atoms. The lowest BCUT2D eigenvalue weighted by molar-refractivity contribution is 1.06. The summed E-state index contributed by atoms with van der Waals surface area (Å²) >= 11 is 12.1. The van der Waals surface area contributed by atoms with Gasteiger partial charge in [-0.15, -0.1) is 0 Å². The second-order valence-electron chi connectivity index (χ2n) is 5.41. The number of hydrogen-bond donors (Lipinski definition) is 3. The molecule has 0 aliphatic heterocycles. The van der Waals surface area contributed by atoms with E-state index in [0.717, 1.165) is 11.1 Å². The van der Waals surface area contributed by atoms with Crippen LogP contribution in [0.3, 0.4) is 0 Å². The van der Waals surface area contributed by atoms with Crippen molar-refractivity contribution in [1.82, 2.24) is 9.97 Å². The number of aromatic nitrogens is 2. The third-order valence-corrected chi connectivity index (χ3v) is 4.28. The van der Waals surface area contributed by atoms with Crippen LogP contribution >= 0.6 is 23.2 Å². The molecule has 0 spiro atoms. The second-order valence-corrected chi connectivity index (χ2v) is 6.25. The highest BCUT2D eigenvalue weighted by Gasteiger charge is 2.08. The first-order valence-electron chi connectivity index (χ1n) is 7.69. The lowest BCUT2D eigenvalue weighted by atomic mass is 10.2. The van der Waals surface area contributed by atoms with E-state index in [1.54, 1.807) is 0 Å². The van der Waals surface area contributed by atoms with E-state index in [9.17, 15) is 0 Å². The van der Waals surface area contributed by atoms with Crippen molar-refractivity contribution >= 4 is 40.5 Å². The van der Waals surface area contributed by atoms with Crippen molar-refractivity contribution in [2.24, 2.45) is 0 Å². The zero-order valence-electron chi connectivity index (χ0n) is 13.3. The van der Waals surface area contributed by atoms with Crippen LogP contribution in [0, 0.1) is 0 Å². The SMILES string of the molecule is Nc1c(NCc2ccc(Cl)cc2)ncnc1NCc1ccccc1Cl. The highest BCUT2D eigenvalue weighted by molar-refractivity contribution is 6.31. The van der Waals surface area contributed by atoms with Crippen LogP contribution in [-0.2, 0) is 13.1 Å². The molecule has 0 unspecified atom stereocenters. The molecule has 1 aromatic heterocycles. The van der Waals surface area contributed by atoms with E-state index in [-0.39, 0.29) is 0 Å². The molecule has 0 fully saturated rings. The lowest BCUT2D eigenvalue weighted by Crippen LogP contribution is -2.10. The number of nitrogens with two attached hydrogens (primary N) is 1. The van der Waals surface area contributed by atoms with Crippen LogP contribution in [0.1, 0.15) is 11.1 Å². The number of rotatable bonds is 6. The number of nitrogens with zero attached hydrogens (tertiary/aromatic N) is 2. The van der Waals surface area contributed by atoms with Gasteiger partial charge in [-0.05, 0) is 29.3 Å².